The summed E-state index contributed by atoms with van der Waals surface area (Å²) >= 11 is 5.79. The smallest absolute Gasteiger partial charge is 0.129 e. The number of halogens is 1. The van der Waals surface area contributed by atoms with Crippen LogP contribution in [0, 0.1) is 0 Å². The molecule has 1 aliphatic rings. The Morgan fingerprint density at radius 2 is 1.95 bits per heavy atom. The van der Waals surface area contributed by atoms with Crippen LogP contribution in [-0.4, -0.2) is 29.1 Å². The average molecular weight is 289 g/mol. The molecular weight excluding hydrogens is 272 g/mol. The second kappa shape index (κ2) is 6.09. The molecule has 0 bridgehead atoms. The lowest BCUT2D eigenvalue weighted by atomic mass is 10.0. The molecule has 0 radical (unpaired) electrons. The summed E-state index contributed by atoms with van der Waals surface area (Å²) in [6, 6.07) is 10.3. The normalized spacial score (nSPS) is 16.1. The third-order valence-corrected chi connectivity index (χ3v) is 3.79. The van der Waals surface area contributed by atoms with Gasteiger partial charge in [-0.15, -0.1) is 0 Å². The highest BCUT2D eigenvalue weighted by atomic mass is 35.5. The van der Waals surface area contributed by atoms with Gasteiger partial charge in [0.15, 0.2) is 0 Å². The van der Waals surface area contributed by atoms with Crippen molar-refractivity contribution in [1.29, 1.82) is 0 Å². The SMILES string of the molecule is Clc1ccc(NC2CCN(c3ccccn3)CC2)cn1. The van der Waals surface area contributed by atoms with Crippen LogP contribution in [0.2, 0.25) is 5.15 Å². The molecule has 0 aromatic carbocycles. The molecule has 4 nitrogen and oxygen atoms in total. The summed E-state index contributed by atoms with van der Waals surface area (Å²) in [4.78, 5) is 10.8. The van der Waals surface area contributed by atoms with E-state index in [9.17, 15) is 0 Å². The van der Waals surface area contributed by atoms with Gasteiger partial charge in [-0.25, -0.2) is 9.97 Å². The van der Waals surface area contributed by atoms with E-state index in [1.165, 1.54) is 0 Å². The van der Waals surface area contributed by atoms with Crippen molar-refractivity contribution < 1.29 is 0 Å². The summed E-state index contributed by atoms with van der Waals surface area (Å²) in [6.07, 6.45) is 5.82. The zero-order valence-corrected chi connectivity index (χ0v) is 11.9. The molecule has 2 aromatic heterocycles. The largest absolute Gasteiger partial charge is 0.381 e. The Morgan fingerprint density at radius 1 is 1.10 bits per heavy atom. The van der Waals surface area contributed by atoms with Gasteiger partial charge in [-0.3, -0.25) is 0 Å². The Kier molecular flexibility index (Phi) is 4.02. The maximum Gasteiger partial charge on any atom is 0.129 e. The van der Waals surface area contributed by atoms with E-state index in [1.54, 1.807) is 6.20 Å². The van der Waals surface area contributed by atoms with Crippen LogP contribution in [-0.2, 0) is 0 Å². The standard InChI is InChI=1S/C15H17ClN4/c16-14-5-4-13(11-18-14)19-12-6-9-20(10-7-12)15-3-1-2-8-17-15/h1-5,8,11-12,19H,6-7,9-10H2. The zero-order valence-electron chi connectivity index (χ0n) is 11.2. The third kappa shape index (κ3) is 3.20. The number of rotatable bonds is 3. The van der Waals surface area contributed by atoms with Gasteiger partial charge in [-0.1, -0.05) is 17.7 Å². The lowest BCUT2D eigenvalue weighted by Gasteiger charge is -2.33. The van der Waals surface area contributed by atoms with Crippen molar-refractivity contribution in [2.45, 2.75) is 18.9 Å². The predicted octanol–water partition coefficient (Wildman–Crippen LogP) is 3.21. The van der Waals surface area contributed by atoms with Gasteiger partial charge < -0.3 is 10.2 Å². The highest BCUT2D eigenvalue weighted by molar-refractivity contribution is 6.29. The zero-order chi connectivity index (χ0) is 13.8. The molecule has 0 atom stereocenters. The number of pyridine rings is 2. The summed E-state index contributed by atoms with van der Waals surface area (Å²) in [7, 11) is 0. The summed E-state index contributed by atoms with van der Waals surface area (Å²) < 4.78 is 0. The third-order valence-electron chi connectivity index (χ3n) is 3.57. The molecule has 5 heteroatoms. The monoisotopic (exact) mass is 288 g/mol. The topological polar surface area (TPSA) is 41.0 Å². The van der Waals surface area contributed by atoms with E-state index in [0.29, 0.717) is 11.2 Å². The molecule has 1 fully saturated rings. The van der Waals surface area contributed by atoms with E-state index >= 15 is 0 Å². The first-order valence-electron chi connectivity index (χ1n) is 6.85. The second-order valence-electron chi connectivity index (χ2n) is 4.96. The first kappa shape index (κ1) is 13.2. The lowest BCUT2D eigenvalue weighted by molar-refractivity contribution is 0.523. The Hall–Kier alpha value is -1.81. The molecule has 1 N–H and O–H groups in total. The minimum absolute atomic E-state index is 0.484. The van der Waals surface area contributed by atoms with Crippen molar-refractivity contribution in [3.63, 3.8) is 0 Å². The first-order valence-corrected chi connectivity index (χ1v) is 7.23. The predicted molar refractivity (Wildman–Crippen MR) is 82.3 cm³/mol. The van der Waals surface area contributed by atoms with E-state index in [0.717, 1.165) is 37.4 Å². The van der Waals surface area contributed by atoms with E-state index < -0.39 is 0 Å². The van der Waals surface area contributed by atoms with Crippen molar-refractivity contribution in [3.05, 3.63) is 47.9 Å². The van der Waals surface area contributed by atoms with Crippen molar-refractivity contribution in [3.8, 4) is 0 Å². The van der Waals surface area contributed by atoms with Crippen LogP contribution in [0.4, 0.5) is 11.5 Å². The maximum absolute atomic E-state index is 5.79. The van der Waals surface area contributed by atoms with Gasteiger partial charge in [0.1, 0.15) is 11.0 Å². The summed E-state index contributed by atoms with van der Waals surface area (Å²) in [6.45, 7) is 2.05. The average Bonchev–Trinajstić information content (AvgIpc) is 2.51. The molecule has 3 rings (SSSR count). The highest BCUT2D eigenvalue weighted by Gasteiger charge is 2.19. The van der Waals surface area contributed by atoms with Crippen LogP contribution in [0.25, 0.3) is 0 Å². The molecule has 3 heterocycles. The van der Waals surface area contributed by atoms with Gasteiger partial charge >= 0.3 is 0 Å². The minimum atomic E-state index is 0.484. The molecule has 0 spiro atoms. The number of anilines is 2. The number of piperidine rings is 1. The number of hydrogen-bond donors (Lipinski definition) is 1. The quantitative estimate of drug-likeness (QED) is 0.881. The molecule has 1 aliphatic heterocycles. The summed E-state index contributed by atoms with van der Waals surface area (Å²) in [5.41, 5.74) is 1.03. The van der Waals surface area contributed by atoms with Crippen LogP contribution in [0.3, 0.4) is 0 Å². The molecular formula is C15H17ClN4. The lowest BCUT2D eigenvalue weighted by Crippen LogP contribution is -2.39. The van der Waals surface area contributed by atoms with E-state index in [-0.39, 0.29) is 0 Å². The molecule has 1 saturated heterocycles. The molecule has 0 aliphatic carbocycles. The molecule has 104 valence electrons. The van der Waals surface area contributed by atoms with Crippen LogP contribution in [0.1, 0.15) is 12.8 Å². The Morgan fingerprint density at radius 3 is 2.60 bits per heavy atom. The summed E-state index contributed by atoms with van der Waals surface area (Å²) in [5, 5.41) is 4.04. The van der Waals surface area contributed by atoms with Crippen LogP contribution in [0.5, 0.6) is 0 Å². The maximum atomic E-state index is 5.79. The van der Waals surface area contributed by atoms with E-state index in [4.69, 9.17) is 11.6 Å². The Balaban J connectivity index is 1.55. The molecule has 2 aromatic rings. The fourth-order valence-corrected chi connectivity index (χ4v) is 2.60. The van der Waals surface area contributed by atoms with Crippen LogP contribution in [0.15, 0.2) is 42.7 Å². The van der Waals surface area contributed by atoms with Gasteiger partial charge in [0.05, 0.1) is 11.9 Å². The number of hydrogen-bond acceptors (Lipinski definition) is 4. The van der Waals surface area contributed by atoms with Gasteiger partial charge in [-0.2, -0.15) is 0 Å². The second-order valence-corrected chi connectivity index (χ2v) is 5.35. The van der Waals surface area contributed by atoms with E-state index in [2.05, 4.69) is 26.3 Å². The van der Waals surface area contributed by atoms with Gasteiger partial charge in [0, 0.05) is 25.3 Å². The number of aromatic nitrogens is 2. The first-order chi connectivity index (χ1) is 9.81. The molecule has 20 heavy (non-hydrogen) atoms. The highest BCUT2D eigenvalue weighted by Crippen LogP contribution is 2.20. The Labute approximate surface area is 123 Å². The number of nitrogens with one attached hydrogen (secondary N) is 1. The fraction of sp³-hybridized carbons (Fsp3) is 0.333. The molecule has 0 amide bonds. The molecule has 0 unspecified atom stereocenters. The van der Waals surface area contributed by atoms with E-state index in [1.807, 2.05) is 30.5 Å². The van der Waals surface area contributed by atoms with Gasteiger partial charge in [0.25, 0.3) is 0 Å². The van der Waals surface area contributed by atoms with Gasteiger partial charge in [-0.05, 0) is 37.1 Å². The van der Waals surface area contributed by atoms with Crippen molar-refractivity contribution in [2.24, 2.45) is 0 Å². The fourth-order valence-electron chi connectivity index (χ4n) is 2.49. The molecule has 0 saturated carbocycles. The number of nitrogens with zero attached hydrogens (tertiary/aromatic N) is 3. The van der Waals surface area contributed by atoms with Gasteiger partial charge in [0.2, 0.25) is 0 Å². The van der Waals surface area contributed by atoms with Crippen LogP contribution < -0.4 is 10.2 Å². The van der Waals surface area contributed by atoms with Crippen molar-refractivity contribution in [1.82, 2.24) is 9.97 Å². The minimum Gasteiger partial charge on any atom is -0.381 e. The Bertz CT molecular complexity index is 536. The van der Waals surface area contributed by atoms with Crippen molar-refractivity contribution >= 4 is 23.1 Å². The van der Waals surface area contributed by atoms with Crippen LogP contribution >= 0.6 is 11.6 Å². The van der Waals surface area contributed by atoms with Crippen molar-refractivity contribution in [2.75, 3.05) is 23.3 Å². The summed E-state index contributed by atoms with van der Waals surface area (Å²) in [5.74, 6) is 1.07.